The zero-order chi connectivity index (χ0) is 11.6. The van der Waals surface area contributed by atoms with Crippen molar-refractivity contribution >= 4 is 11.8 Å². The maximum absolute atomic E-state index is 12.7. The largest absolute Gasteiger partial charge is 0.454 e. The van der Waals surface area contributed by atoms with Gasteiger partial charge >= 0.3 is 12.1 Å². The molecular weight excluding hydrogens is 225 g/mol. The fourth-order valence-electron chi connectivity index (χ4n) is 0.800. The molecule has 1 nitrogen and oxygen atoms in total. The fraction of sp³-hybridized carbons (Fsp3) is 1.00. The molecule has 0 aromatic heterocycles. The third-order valence-corrected chi connectivity index (χ3v) is 2.79. The molecule has 14 heavy (non-hydrogen) atoms. The van der Waals surface area contributed by atoms with E-state index in [0.717, 1.165) is 0 Å². The van der Waals surface area contributed by atoms with Gasteiger partial charge in [0.1, 0.15) is 0 Å². The first kappa shape index (κ1) is 14.0. The van der Waals surface area contributed by atoms with Gasteiger partial charge in [0.25, 0.3) is 0 Å². The van der Waals surface area contributed by atoms with E-state index in [1.54, 1.807) is 13.8 Å². The molecule has 0 saturated carbocycles. The van der Waals surface area contributed by atoms with E-state index in [2.05, 4.69) is 0 Å². The molecule has 0 aromatic carbocycles. The van der Waals surface area contributed by atoms with Crippen molar-refractivity contribution in [3.63, 3.8) is 0 Å². The van der Waals surface area contributed by atoms with Gasteiger partial charge in [-0.15, -0.1) is 11.8 Å². The summed E-state index contributed by atoms with van der Waals surface area (Å²) in [5.41, 5.74) is 4.90. The average molecular weight is 237 g/mol. The number of alkyl halides is 5. The molecule has 0 amide bonds. The summed E-state index contributed by atoms with van der Waals surface area (Å²) in [4.78, 5) is 0. The SMILES string of the molecule is CC(C)SC(CN)C(F)(F)C(F)(F)F. The number of halogens is 5. The molecule has 0 saturated heterocycles. The molecule has 0 bridgehead atoms. The lowest BCUT2D eigenvalue weighted by molar-refractivity contribution is -0.280. The van der Waals surface area contributed by atoms with Gasteiger partial charge in [-0.2, -0.15) is 22.0 Å². The van der Waals surface area contributed by atoms with Gasteiger partial charge in [0.15, 0.2) is 0 Å². The molecule has 0 fully saturated rings. The van der Waals surface area contributed by atoms with Crippen LogP contribution in [0.3, 0.4) is 0 Å². The molecule has 1 unspecified atom stereocenters. The predicted molar refractivity (Wildman–Crippen MR) is 46.6 cm³/mol. The predicted octanol–water partition coefficient (Wildman–Crippen LogP) is 2.65. The first-order valence-electron chi connectivity index (χ1n) is 3.93. The smallest absolute Gasteiger partial charge is 0.329 e. The Kier molecular flexibility index (Phi) is 4.64. The summed E-state index contributed by atoms with van der Waals surface area (Å²) in [6.45, 7) is 2.38. The van der Waals surface area contributed by atoms with Crippen molar-refractivity contribution in [3.05, 3.63) is 0 Å². The zero-order valence-electron chi connectivity index (χ0n) is 7.74. The van der Waals surface area contributed by atoms with E-state index in [1.807, 2.05) is 0 Å². The van der Waals surface area contributed by atoms with Gasteiger partial charge in [0.2, 0.25) is 0 Å². The van der Waals surface area contributed by atoms with Crippen LogP contribution in [0.4, 0.5) is 22.0 Å². The highest BCUT2D eigenvalue weighted by Gasteiger charge is 2.62. The van der Waals surface area contributed by atoms with Crippen LogP contribution < -0.4 is 5.73 Å². The number of hydrogen-bond acceptors (Lipinski definition) is 2. The van der Waals surface area contributed by atoms with Crippen molar-refractivity contribution < 1.29 is 22.0 Å². The van der Waals surface area contributed by atoms with Crippen LogP contribution in [0, 0.1) is 0 Å². The minimum absolute atomic E-state index is 0.322. The highest BCUT2D eigenvalue weighted by molar-refractivity contribution is 8.00. The Morgan fingerprint density at radius 3 is 1.79 bits per heavy atom. The third-order valence-electron chi connectivity index (χ3n) is 1.43. The van der Waals surface area contributed by atoms with Gasteiger partial charge in [0.05, 0.1) is 5.25 Å². The normalized spacial score (nSPS) is 16.1. The van der Waals surface area contributed by atoms with E-state index in [4.69, 9.17) is 5.73 Å². The minimum atomic E-state index is -5.53. The van der Waals surface area contributed by atoms with Crippen LogP contribution in [-0.2, 0) is 0 Å². The quantitative estimate of drug-likeness (QED) is 0.761. The van der Waals surface area contributed by atoms with E-state index in [9.17, 15) is 22.0 Å². The van der Waals surface area contributed by atoms with E-state index >= 15 is 0 Å². The number of nitrogens with two attached hydrogens (primary N) is 1. The topological polar surface area (TPSA) is 26.0 Å². The lowest BCUT2D eigenvalue weighted by atomic mass is 10.2. The van der Waals surface area contributed by atoms with Crippen LogP contribution >= 0.6 is 11.8 Å². The summed E-state index contributed by atoms with van der Waals surface area (Å²) >= 11 is 0.538. The van der Waals surface area contributed by atoms with Gasteiger partial charge in [-0.25, -0.2) is 0 Å². The second kappa shape index (κ2) is 4.65. The molecule has 0 radical (unpaired) electrons. The van der Waals surface area contributed by atoms with Crippen molar-refractivity contribution in [1.29, 1.82) is 0 Å². The molecule has 0 spiro atoms. The first-order chi connectivity index (χ1) is 6.13. The van der Waals surface area contributed by atoms with Crippen LogP contribution in [0.5, 0.6) is 0 Å². The molecule has 0 aliphatic heterocycles. The molecule has 86 valence electrons. The molecular formula is C7H12F5NS. The molecule has 2 N–H and O–H groups in total. The van der Waals surface area contributed by atoms with Crippen LogP contribution in [0.2, 0.25) is 0 Å². The van der Waals surface area contributed by atoms with E-state index in [1.165, 1.54) is 0 Å². The monoisotopic (exact) mass is 237 g/mol. The number of rotatable bonds is 4. The zero-order valence-corrected chi connectivity index (χ0v) is 8.55. The van der Waals surface area contributed by atoms with Gasteiger partial charge < -0.3 is 5.73 Å². The standard InChI is InChI=1S/C7H12F5NS/c1-4(2)14-5(3-13)6(8,9)7(10,11)12/h4-5H,3,13H2,1-2H3. The third kappa shape index (κ3) is 3.27. The van der Waals surface area contributed by atoms with Crippen LogP contribution in [0.25, 0.3) is 0 Å². The Labute approximate surface area is 83.2 Å². The summed E-state index contributed by atoms with van der Waals surface area (Å²) in [6, 6.07) is 0. The van der Waals surface area contributed by atoms with E-state index in [-0.39, 0.29) is 5.25 Å². The fourth-order valence-corrected chi connectivity index (χ4v) is 1.87. The molecule has 0 aliphatic carbocycles. The lowest BCUT2D eigenvalue weighted by Gasteiger charge is -2.28. The van der Waals surface area contributed by atoms with Crippen molar-refractivity contribution in [2.45, 2.75) is 36.4 Å². The van der Waals surface area contributed by atoms with Crippen molar-refractivity contribution in [1.82, 2.24) is 0 Å². The van der Waals surface area contributed by atoms with Crippen molar-refractivity contribution in [2.75, 3.05) is 6.54 Å². The molecule has 0 aromatic rings. The van der Waals surface area contributed by atoms with E-state index < -0.39 is 23.9 Å². The molecule has 1 atom stereocenters. The second-order valence-corrected chi connectivity index (χ2v) is 4.81. The Morgan fingerprint density at radius 2 is 1.57 bits per heavy atom. The Hall–Kier alpha value is -0.0400. The van der Waals surface area contributed by atoms with Crippen LogP contribution in [-0.4, -0.2) is 29.1 Å². The maximum Gasteiger partial charge on any atom is 0.454 e. The average Bonchev–Trinajstić information content (AvgIpc) is 1.97. The maximum atomic E-state index is 12.7. The van der Waals surface area contributed by atoms with Crippen LogP contribution in [0.15, 0.2) is 0 Å². The Morgan fingerprint density at radius 1 is 1.14 bits per heavy atom. The minimum Gasteiger partial charge on any atom is -0.329 e. The number of hydrogen-bond donors (Lipinski definition) is 1. The molecule has 0 aliphatic rings. The molecule has 7 heteroatoms. The molecule has 0 heterocycles. The highest BCUT2D eigenvalue weighted by Crippen LogP contribution is 2.43. The highest BCUT2D eigenvalue weighted by atomic mass is 32.2. The second-order valence-electron chi connectivity index (χ2n) is 3.03. The number of thioether (sulfide) groups is 1. The van der Waals surface area contributed by atoms with E-state index in [0.29, 0.717) is 11.8 Å². The first-order valence-corrected chi connectivity index (χ1v) is 4.87. The lowest BCUT2D eigenvalue weighted by Crippen LogP contribution is -2.49. The Bertz CT molecular complexity index is 179. The summed E-state index contributed by atoms with van der Waals surface area (Å²) in [6.07, 6.45) is -5.53. The summed E-state index contributed by atoms with van der Waals surface area (Å²) in [5.74, 6) is -4.73. The van der Waals surface area contributed by atoms with Crippen molar-refractivity contribution in [2.24, 2.45) is 5.73 Å². The van der Waals surface area contributed by atoms with Gasteiger partial charge in [-0.3, -0.25) is 0 Å². The van der Waals surface area contributed by atoms with Gasteiger partial charge in [-0.05, 0) is 5.25 Å². The van der Waals surface area contributed by atoms with Crippen molar-refractivity contribution in [3.8, 4) is 0 Å². The Balaban J connectivity index is 4.66. The summed E-state index contributed by atoms with van der Waals surface area (Å²) < 4.78 is 61.2. The molecule has 0 rings (SSSR count). The van der Waals surface area contributed by atoms with Gasteiger partial charge in [-0.1, -0.05) is 13.8 Å². The summed E-state index contributed by atoms with van der Waals surface area (Å²) in [5, 5.41) is -2.24. The van der Waals surface area contributed by atoms with Crippen LogP contribution in [0.1, 0.15) is 13.8 Å². The summed E-state index contributed by atoms with van der Waals surface area (Å²) in [7, 11) is 0. The van der Waals surface area contributed by atoms with Gasteiger partial charge in [0, 0.05) is 6.54 Å².